The van der Waals surface area contributed by atoms with E-state index in [1.54, 1.807) is 0 Å². The fourth-order valence-electron chi connectivity index (χ4n) is 0.788. The number of halogens is 2. The minimum atomic E-state index is -2.74. The van der Waals surface area contributed by atoms with E-state index in [0.29, 0.717) is 0 Å². The summed E-state index contributed by atoms with van der Waals surface area (Å²) in [6.07, 6.45) is -2.74. The fourth-order valence-corrected chi connectivity index (χ4v) is 0.788. The molecule has 0 bridgehead atoms. The van der Waals surface area contributed by atoms with Crippen LogP contribution in [0.1, 0.15) is 28.4 Å². The molecule has 0 aliphatic rings. The van der Waals surface area contributed by atoms with Crippen LogP contribution >= 0.6 is 0 Å². The van der Waals surface area contributed by atoms with Gasteiger partial charge in [0.15, 0.2) is 0 Å². The summed E-state index contributed by atoms with van der Waals surface area (Å²) in [6.45, 7) is 1.35. The summed E-state index contributed by atoms with van der Waals surface area (Å²) in [5.41, 5.74) is -0.421. The molecule has 0 saturated carbocycles. The van der Waals surface area contributed by atoms with Crippen LogP contribution < -0.4 is 0 Å². The maximum absolute atomic E-state index is 12.0. The van der Waals surface area contributed by atoms with Gasteiger partial charge in [0.2, 0.25) is 5.82 Å². The number of carboxylic acid groups (broad SMARTS) is 1. The molecule has 0 amide bonds. The van der Waals surface area contributed by atoms with Gasteiger partial charge in [0.25, 0.3) is 6.43 Å². The topological polar surface area (TPSA) is 66.0 Å². The van der Waals surface area contributed by atoms with Gasteiger partial charge >= 0.3 is 5.97 Å². The predicted molar refractivity (Wildman–Crippen MR) is 35.2 cm³/mol. The van der Waals surface area contributed by atoms with E-state index in [4.69, 9.17) is 5.11 Å². The third-order valence-corrected chi connectivity index (χ3v) is 1.33. The Labute approximate surface area is 66.2 Å². The number of hydrogen-bond donors (Lipinski definition) is 2. The molecule has 12 heavy (non-hydrogen) atoms. The number of nitrogens with one attached hydrogen (secondary N) is 1. The smallest absolute Gasteiger partial charge is 0.371 e. The molecular weight excluding hydrogens is 170 g/mol. The maximum atomic E-state index is 12.0. The summed E-state index contributed by atoms with van der Waals surface area (Å²) in [5.74, 6) is -1.80. The van der Waals surface area contributed by atoms with Gasteiger partial charge in [-0.15, -0.1) is 0 Å². The number of imidazole rings is 1. The molecule has 0 saturated heterocycles. The van der Waals surface area contributed by atoms with E-state index in [1.807, 2.05) is 0 Å². The van der Waals surface area contributed by atoms with Gasteiger partial charge in [0, 0.05) is 5.69 Å². The van der Waals surface area contributed by atoms with Crippen molar-refractivity contribution in [2.75, 3.05) is 0 Å². The highest BCUT2D eigenvalue weighted by Crippen LogP contribution is 2.19. The number of nitrogens with zero attached hydrogens (tertiary/aromatic N) is 1. The van der Waals surface area contributed by atoms with Crippen LogP contribution in [0.15, 0.2) is 0 Å². The lowest BCUT2D eigenvalue weighted by atomic mass is 10.4. The van der Waals surface area contributed by atoms with Gasteiger partial charge in [-0.05, 0) is 6.92 Å². The average Bonchev–Trinajstić information content (AvgIpc) is 2.30. The largest absolute Gasteiger partial charge is 0.475 e. The summed E-state index contributed by atoms with van der Waals surface area (Å²) in [4.78, 5) is 15.7. The molecule has 2 N–H and O–H groups in total. The number of aromatic nitrogens is 2. The number of hydrogen-bond acceptors (Lipinski definition) is 2. The van der Waals surface area contributed by atoms with Crippen LogP contribution in [-0.2, 0) is 0 Å². The zero-order valence-electron chi connectivity index (χ0n) is 6.14. The molecule has 6 heteroatoms. The van der Waals surface area contributed by atoms with Gasteiger partial charge in [-0.25, -0.2) is 18.6 Å². The van der Waals surface area contributed by atoms with E-state index in [2.05, 4.69) is 9.97 Å². The summed E-state index contributed by atoms with van der Waals surface area (Å²) in [6, 6.07) is 0. The lowest BCUT2D eigenvalue weighted by Crippen LogP contribution is -1.98. The molecule has 1 rings (SSSR count). The van der Waals surface area contributed by atoms with Crippen LogP contribution in [-0.4, -0.2) is 21.0 Å². The van der Waals surface area contributed by atoms with Crippen molar-refractivity contribution in [1.29, 1.82) is 0 Å². The quantitative estimate of drug-likeness (QED) is 0.714. The summed E-state index contributed by atoms with van der Waals surface area (Å²) >= 11 is 0. The van der Waals surface area contributed by atoms with Gasteiger partial charge in [0.1, 0.15) is 5.69 Å². The Morgan fingerprint density at radius 3 is 2.50 bits per heavy atom. The van der Waals surface area contributed by atoms with Crippen LogP contribution in [0.5, 0.6) is 0 Å². The van der Waals surface area contributed by atoms with E-state index in [9.17, 15) is 13.6 Å². The number of aryl methyl sites for hydroxylation is 1. The maximum Gasteiger partial charge on any atom is 0.371 e. The highest BCUT2D eigenvalue weighted by molar-refractivity contribution is 5.83. The Bertz CT molecular complexity index is 308. The van der Waals surface area contributed by atoms with E-state index < -0.39 is 23.9 Å². The van der Waals surface area contributed by atoms with Gasteiger partial charge in [-0.2, -0.15) is 0 Å². The Balaban J connectivity index is 3.09. The van der Waals surface area contributed by atoms with Gasteiger partial charge in [-0.1, -0.05) is 0 Å². The number of alkyl halides is 2. The molecule has 66 valence electrons. The molecule has 0 unspecified atom stereocenters. The Morgan fingerprint density at radius 1 is 1.67 bits per heavy atom. The summed E-state index contributed by atoms with van der Waals surface area (Å²) in [5, 5.41) is 8.37. The van der Waals surface area contributed by atoms with E-state index in [1.165, 1.54) is 6.92 Å². The second kappa shape index (κ2) is 2.88. The lowest BCUT2D eigenvalue weighted by Gasteiger charge is -1.91. The molecule has 1 aromatic heterocycles. The first-order valence-corrected chi connectivity index (χ1v) is 3.10. The third-order valence-electron chi connectivity index (χ3n) is 1.33. The van der Waals surface area contributed by atoms with Crippen LogP contribution in [0.3, 0.4) is 0 Å². The second-order valence-electron chi connectivity index (χ2n) is 2.20. The number of carbonyl (C=O) groups is 1. The first-order valence-electron chi connectivity index (χ1n) is 3.10. The Kier molecular flexibility index (Phi) is 2.07. The van der Waals surface area contributed by atoms with Crippen molar-refractivity contribution < 1.29 is 18.7 Å². The molecule has 0 radical (unpaired) electrons. The van der Waals surface area contributed by atoms with Gasteiger partial charge in [-0.3, -0.25) is 0 Å². The molecule has 4 nitrogen and oxygen atoms in total. The molecule has 1 heterocycles. The van der Waals surface area contributed by atoms with Crippen molar-refractivity contribution in [3.8, 4) is 0 Å². The number of rotatable bonds is 2. The zero-order valence-corrected chi connectivity index (χ0v) is 6.14. The minimum absolute atomic E-state index is 0.0856. The van der Waals surface area contributed by atoms with E-state index >= 15 is 0 Å². The molecule has 0 aliphatic carbocycles. The number of H-pyrrole nitrogens is 1. The molecule has 0 aromatic carbocycles. The average molecular weight is 176 g/mol. The molecule has 0 aliphatic heterocycles. The third kappa shape index (κ3) is 1.41. The van der Waals surface area contributed by atoms with Crippen molar-refractivity contribution in [3.05, 3.63) is 17.2 Å². The van der Waals surface area contributed by atoms with Crippen molar-refractivity contribution in [2.45, 2.75) is 13.3 Å². The highest BCUT2D eigenvalue weighted by Gasteiger charge is 2.18. The van der Waals surface area contributed by atoms with Crippen LogP contribution in [0.25, 0.3) is 0 Å². The second-order valence-corrected chi connectivity index (χ2v) is 2.20. The summed E-state index contributed by atoms with van der Waals surface area (Å²) in [7, 11) is 0. The number of carboxylic acids is 1. The Morgan fingerprint density at radius 2 is 2.25 bits per heavy atom. The first kappa shape index (κ1) is 8.63. The van der Waals surface area contributed by atoms with Crippen molar-refractivity contribution in [2.24, 2.45) is 0 Å². The lowest BCUT2D eigenvalue weighted by molar-refractivity contribution is 0.0684. The number of aromatic amines is 1. The normalized spacial score (nSPS) is 10.7. The molecular formula is C6H6F2N2O2. The highest BCUT2D eigenvalue weighted by atomic mass is 19.3. The van der Waals surface area contributed by atoms with E-state index in [0.717, 1.165) is 0 Å². The molecule has 0 spiro atoms. The zero-order chi connectivity index (χ0) is 9.30. The molecule has 0 fully saturated rings. The van der Waals surface area contributed by atoms with Gasteiger partial charge < -0.3 is 10.1 Å². The van der Waals surface area contributed by atoms with Crippen LogP contribution in [0.2, 0.25) is 0 Å². The van der Waals surface area contributed by atoms with Gasteiger partial charge in [0.05, 0.1) is 0 Å². The van der Waals surface area contributed by atoms with Crippen molar-refractivity contribution >= 4 is 5.97 Å². The monoisotopic (exact) mass is 176 g/mol. The standard InChI is InChI=1S/C6H6F2N2O2/c1-2-3(4(7)8)10-5(9-2)6(11)12/h4H,1H3,(H,9,10)(H,11,12). The Hall–Kier alpha value is -1.46. The van der Waals surface area contributed by atoms with E-state index in [-0.39, 0.29) is 5.69 Å². The van der Waals surface area contributed by atoms with Crippen molar-refractivity contribution in [1.82, 2.24) is 9.97 Å². The van der Waals surface area contributed by atoms with Crippen LogP contribution in [0.4, 0.5) is 8.78 Å². The molecule has 1 aromatic rings. The van der Waals surface area contributed by atoms with Crippen molar-refractivity contribution in [3.63, 3.8) is 0 Å². The minimum Gasteiger partial charge on any atom is -0.475 e. The first-order chi connectivity index (χ1) is 5.52. The van der Waals surface area contributed by atoms with Crippen LogP contribution in [0, 0.1) is 6.92 Å². The molecule has 0 atom stereocenters. The SMILES string of the molecule is Cc1[nH]c(C(=O)O)nc1C(F)F. The fraction of sp³-hybridized carbons (Fsp3) is 0.333. The predicted octanol–water partition coefficient (Wildman–Crippen LogP) is 1.35. The number of aromatic carboxylic acids is 1. The summed E-state index contributed by atoms with van der Waals surface area (Å²) < 4.78 is 24.1.